The van der Waals surface area contributed by atoms with E-state index in [0.29, 0.717) is 6.61 Å². The van der Waals surface area contributed by atoms with Crippen LogP contribution in [-0.4, -0.2) is 6.61 Å². The summed E-state index contributed by atoms with van der Waals surface area (Å²) >= 11 is 0. The van der Waals surface area contributed by atoms with E-state index < -0.39 is 0 Å². The largest absolute Gasteiger partial charge is 0.498 e. The zero-order valence-electron chi connectivity index (χ0n) is 8.64. The summed E-state index contributed by atoms with van der Waals surface area (Å²) in [4.78, 5) is 0. The van der Waals surface area contributed by atoms with Crippen molar-refractivity contribution in [1.29, 1.82) is 0 Å². The zero-order valence-corrected chi connectivity index (χ0v) is 8.64. The van der Waals surface area contributed by atoms with Gasteiger partial charge in [-0.1, -0.05) is 31.9 Å². The fourth-order valence-corrected chi connectivity index (χ4v) is 2.10. The van der Waals surface area contributed by atoms with Gasteiger partial charge in [0.2, 0.25) is 0 Å². The van der Waals surface area contributed by atoms with Crippen molar-refractivity contribution in [3.8, 4) is 0 Å². The van der Waals surface area contributed by atoms with Crippen LogP contribution in [0.2, 0.25) is 0 Å². The molecule has 1 saturated carbocycles. The molecule has 0 aromatic heterocycles. The van der Waals surface area contributed by atoms with Crippen LogP contribution >= 0.6 is 0 Å². The standard InChI is InChI=1S/C12H20O/c1-4-12(11(3)13-5-2)9-7-6-8-10-12/h4H,1,3,5-10H2,2H3. The van der Waals surface area contributed by atoms with Gasteiger partial charge in [0.15, 0.2) is 0 Å². The molecule has 0 atom stereocenters. The lowest BCUT2D eigenvalue weighted by Crippen LogP contribution is -2.24. The topological polar surface area (TPSA) is 9.23 Å². The maximum absolute atomic E-state index is 5.51. The minimum atomic E-state index is 0.0776. The Balaban J connectivity index is 2.66. The molecule has 1 rings (SSSR count). The second-order valence-electron chi connectivity index (χ2n) is 3.78. The molecule has 74 valence electrons. The van der Waals surface area contributed by atoms with Gasteiger partial charge in [-0.25, -0.2) is 0 Å². The SMILES string of the molecule is C=CC1(C(=C)OCC)CCCCC1. The zero-order chi connectivity index (χ0) is 9.73. The molecular weight excluding hydrogens is 160 g/mol. The molecule has 1 fully saturated rings. The third-order valence-corrected chi connectivity index (χ3v) is 3.01. The molecule has 0 aromatic carbocycles. The number of allylic oxidation sites excluding steroid dienone is 1. The Kier molecular flexibility index (Phi) is 3.58. The molecule has 1 aliphatic carbocycles. The minimum Gasteiger partial charge on any atom is -0.498 e. The van der Waals surface area contributed by atoms with Crippen LogP contribution in [0.1, 0.15) is 39.0 Å². The van der Waals surface area contributed by atoms with E-state index in [9.17, 15) is 0 Å². The highest BCUT2D eigenvalue weighted by Crippen LogP contribution is 2.43. The van der Waals surface area contributed by atoms with Crippen LogP contribution in [0.5, 0.6) is 0 Å². The molecule has 0 amide bonds. The predicted octanol–water partition coefficient (Wildman–Crippen LogP) is 3.67. The second kappa shape index (κ2) is 4.50. The van der Waals surface area contributed by atoms with Gasteiger partial charge in [0, 0.05) is 5.41 Å². The van der Waals surface area contributed by atoms with Gasteiger partial charge < -0.3 is 4.74 Å². The van der Waals surface area contributed by atoms with Crippen molar-refractivity contribution >= 4 is 0 Å². The molecule has 0 aromatic rings. The van der Waals surface area contributed by atoms with Crippen LogP contribution in [-0.2, 0) is 4.74 Å². The molecule has 0 N–H and O–H groups in total. The summed E-state index contributed by atoms with van der Waals surface area (Å²) in [6.07, 6.45) is 8.25. The third-order valence-electron chi connectivity index (χ3n) is 3.01. The van der Waals surface area contributed by atoms with Crippen molar-refractivity contribution in [2.24, 2.45) is 5.41 Å². The molecule has 13 heavy (non-hydrogen) atoms. The summed E-state index contributed by atoms with van der Waals surface area (Å²) < 4.78 is 5.51. The van der Waals surface area contributed by atoms with Gasteiger partial charge in [-0.2, -0.15) is 0 Å². The van der Waals surface area contributed by atoms with Crippen molar-refractivity contribution in [2.45, 2.75) is 39.0 Å². The van der Waals surface area contributed by atoms with Crippen LogP contribution in [0.3, 0.4) is 0 Å². The molecular formula is C12H20O. The van der Waals surface area contributed by atoms with Crippen molar-refractivity contribution < 1.29 is 4.74 Å². The average Bonchev–Trinajstić information content (AvgIpc) is 2.19. The minimum absolute atomic E-state index is 0.0776. The first-order valence-corrected chi connectivity index (χ1v) is 5.21. The van der Waals surface area contributed by atoms with E-state index in [4.69, 9.17) is 4.74 Å². The maximum atomic E-state index is 5.51. The Morgan fingerprint density at radius 3 is 2.46 bits per heavy atom. The van der Waals surface area contributed by atoms with E-state index in [1.165, 1.54) is 19.3 Å². The number of hydrogen-bond donors (Lipinski definition) is 0. The quantitative estimate of drug-likeness (QED) is 0.474. The van der Waals surface area contributed by atoms with Crippen molar-refractivity contribution in [1.82, 2.24) is 0 Å². The van der Waals surface area contributed by atoms with Crippen molar-refractivity contribution in [3.05, 3.63) is 25.0 Å². The fraction of sp³-hybridized carbons (Fsp3) is 0.667. The molecule has 1 aliphatic rings. The first kappa shape index (κ1) is 10.4. The normalized spacial score (nSPS) is 20.7. The van der Waals surface area contributed by atoms with E-state index in [0.717, 1.165) is 18.6 Å². The molecule has 0 spiro atoms. The van der Waals surface area contributed by atoms with E-state index in [2.05, 4.69) is 13.2 Å². The van der Waals surface area contributed by atoms with Crippen LogP contribution in [0.4, 0.5) is 0 Å². The van der Waals surface area contributed by atoms with Gasteiger partial charge >= 0.3 is 0 Å². The number of hydrogen-bond acceptors (Lipinski definition) is 1. The van der Waals surface area contributed by atoms with Crippen molar-refractivity contribution in [2.75, 3.05) is 6.61 Å². The highest BCUT2D eigenvalue weighted by molar-refractivity contribution is 5.14. The molecule has 0 bridgehead atoms. The van der Waals surface area contributed by atoms with Crippen LogP contribution in [0.15, 0.2) is 25.0 Å². The molecule has 0 unspecified atom stereocenters. The van der Waals surface area contributed by atoms with Gasteiger partial charge in [-0.15, -0.1) is 6.58 Å². The van der Waals surface area contributed by atoms with Gasteiger partial charge in [0.25, 0.3) is 0 Å². The van der Waals surface area contributed by atoms with Gasteiger partial charge in [0.05, 0.1) is 12.4 Å². The van der Waals surface area contributed by atoms with Crippen LogP contribution in [0.25, 0.3) is 0 Å². The fourth-order valence-electron chi connectivity index (χ4n) is 2.10. The number of ether oxygens (including phenoxy) is 1. The Hall–Kier alpha value is -0.720. The average molecular weight is 180 g/mol. The van der Waals surface area contributed by atoms with Crippen molar-refractivity contribution in [3.63, 3.8) is 0 Å². The predicted molar refractivity (Wildman–Crippen MR) is 56.5 cm³/mol. The van der Waals surface area contributed by atoms with E-state index in [-0.39, 0.29) is 5.41 Å². The summed E-state index contributed by atoms with van der Waals surface area (Å²) in [6.45, 7) is 10.7. The first-order valence-electron chi connectivity index (χ1n) is 5.21. The molecule has 0 heterocycles. The van der Waals surface area contributed by atoms with E-state index >= 15 is 0 Å². The summed E-state index contributed by atoms with van der Waals surface area (Å²) in [5, 5.41) is 0. The Morgan fingerprint density at radius 2 is 2.00 bits per heavy atom. The summed E-state index contributed by atoms with van der Waals surface area (Å²) in [5.74, 6) is 0.921. The third kappa shape index (κ3) is 2.15. The van der Waals surface area contributed by atoms with Gasteiger partial charge in [-0.05, 0) is 19.8 Å². The lowest BCUT2D eigenvalue weighted by Gasteiger charge is -2.35. The lowest BCUT2D eigenvalue weighted by atomic mass is 9.73. The number of rotatable bonds is 4. The summed E-state index contributed by atoms with van der Waals surface area (Å²) in [7, 11) is 0. The van der Waals surface area contributed by atoms with Gasteiger partial charge in [0.1, 0.15) is 0 Å². The molecule has 1 heteroatoms. The molecule has 0 aliphatic heterocycles. The first-order chi connectivity index (χ1) is 6.25. The molecule has 0 radical (unpaired) electrons. The van der Waals surface area contributed by atoms with Crippen LogP contribution < -0.4 is 0 Å². The summed E-state index contributed by atoms with van der Waals surface area (Å²) in [5.41, 5.74) is 0.0776. The van der Waals surface area contributed by atoms with E-state index in [1.807, 2.05) is 13.0 Å². The monoisotopic (exact) mass is 180 g/mol. The summed E-state index contributed by atoms with van der Waals surface area (Å²) in [6, 6.07) is 0. The second-order valence-corrected chi connectivity index (χ2v) is 3.78. The highest BCUT2D eigenvalue weighted by atomic mass is 16.5. The van der Waals surface area contributed by atoms with Gasteiger partial charge in [-0.3, -0.25) is 0 Å². The smallest absolute Gasteiger partial charge is 0.0987 e. The Labute approximate surface area is 81.5 Å². The lowest BCUT2D eigenvalue weighted by molar-refractivity contribution is 0.135. The van der Waals surface area contributed by atoms with E-state index in [1.54, 1.807) is 0 Å². The maximum Gasteiger partial charge on any atom is 0.0987 e. The molecule has 0 saturated heterocycles. The Bertz CT molecular complexity index is 187. The van der Waals surface area contributed by atoms with Crippen LogP contribution in [0, 0.1) is 5.41 Å². The Morgan fingerprint density at radius 1 is 1.38 bits per heavy atom. The highest BCUT2D eigenvalue weighted by Gasteiger charge is 2.32. The molecule has 1 nitrogen and oxygen atoms in total.